The summed E-state index contributed by atoms with van der Waals surface area (Å²) in [6, 6.07) is 9.49. The van der Waals surface area contributed by atoms with Gasteiger partial charge in [0.25, 0.3) is 0 Å². The topological polar surface area (TPSA) is 34.1 Å². The van der Waals surface area contributed by atoms with Crippen LogP contribution in [0.1, 0.15) is 31.9 Å². The lowest BCUT2D eigenvalue weighted by Gasteiger charge is -2.21. The van der Waals surface area contributed by atoms with Crippen LogP contribution < -0.4 is 10.1 Å². The molecule has 21 heavy (non-hydrogen) atoms. The summed E-state index contributed by atoms with van der Waals surface area (Å²) in [5.74, 6) is 2.17. The molecule has 0 fully saturated rings. The summed E-state index contributed by atoms with van der Waals surface area (Å²) in [6.07, 6.45) is 0. The average Bonchev–Trinajstić information content (AvgIpc) is 2.32. The SMILES string of the molecule is Cc1cc(Cl)cc(C)c1Oc1cccc(NC(C)(C)C)n1. The fraction of sp³-hybridized carbons (Fsp3) is 0.353. The Labute approximate surface area is 131 Å². The molecule has 3 nitrogen and oxygen atoms in total. The van der Waals surface area contributed by atoms with E-state index in [9.17, 15) is 0 Å². The highest BCUT2D eigenvalue weighted by Crippen LogP contribution is 2.31. The molecule has 0 bridgehead atoms. The number of benzene rings is 1. The normalized spacial score (nSPS) is 11.3. The van der Waals surface area contributed by atoms with E-state index in [1.807, 2.05) is 44.2 Å². The van der Waals surface area contributed by atoms with Crippen LogP contribution in [-0.2, 0) is 0 Å². The van der Waals surface area contributed by atoms with E-state index in [0.29, 0.717) is 10.9 Å². The van der Waals surface area contributed by atoms with Crippen LogP contribution in [-0.4, -0.2) is 10.5 Å². The van der Waals surface area contributed by atoms with E-state index in [2.05, 4.69) is 31.1 Å². The van der Waals surface area contributed by atoms with E-state index in [1.54, 1.807) is 0 Å². The number of aryl methyl sites for hydroxylation is 2. The van der Waals surface area contributed by atoms with Gasteiger partial charge in [0.2, 0.25) is 5.88 Å². The number of rotatable bonds is 3. The van der Waals surface area contributed by atoms with Crippen LogP contribution >= 0.6 is 11.6 Å². The predicted octanol–water partition coefficient (Wildman–Crippen LogP) is 5.35. The number of hydrogen-bond donors (Lipinski definition) is 1. The second-order valence-electron chi connectivity index (χ2n) is 6.21. The molecule has 0 saturated heterocycles. The van der Waals surface area contributed by atoms with Crippen LogP contribution in [0.3, 0.4) is 0 Å². The average molecular weight is 305 g/mol. The number of ether oxygens (including phenoxy) is 1. The van der Waals surface area contributed by atoms with E-state index in [4.69, 9.17) is 16.3 Å². The Morgan fingerprint density at radius 2 is 1.71 bits per heavy atom. The zero-order chi connectivity index (χ0) is 15.6. The largest absolute Gasteiger partial charge is 0.438 e. The maximum atomic E-state index is 6.04. The highest BCUT2D eigenvalue weighted by atomic mass is 35.5. The van der Waals surface area contributed by atoms with Gasteiger partial charge in [-0.1, -0.05) is 17.7 Å². The molecule has 0 spiro atoms. The van der Waals surface area contributed by atoms with E-state index in [1.165, 1.54) is 0 Å². The summed E-state index contributed by atoms with van der Waals surface area (Å²) < 4.78 is 5.94. The lowest BCUT2D eigenvalue weighted by Crippen LogP contribution is -2.26. The third kappa shape index (κ3) is 4.36. The molecule has 1 heterocycles. The van der Waals surface area contributed by atoms with Crippen molar-refractivity contribution in [2.75, 3.05) is 5.32 Å². The van der Waals surface area contributed by atoms with Crippen LogP contribution in [0.2, 0.25) is 5.02 Å². The van der Waals surface area contributed by atoms with Crippen molar-refractivity contribution < 1.29 is 4.74 Å². The summed E-state index contributed by atoms with van der Waals surface area (Å²) in [6.45, 7) is 10.2. The van der Waals surface area contributed by atoms with Crippen molar-refractivity contribution in [1.29, 1.82) is 0 Å². The van der Waals surface area contributed by atoms with Crippen molar-refractivity contribution in [1.82, 2.24) is 4.98 Å². The molecule has 0 aliphatic carbocycles. The minimum atomic E-state index is -0.0439. The number of nitrogens with zero attached hydrogens (tertiary/aromatic N) is 1. The van der Waals surface area contributed by atoms with Gasteiger partial charge in [-0.25, -0.2) is 0 Å². The molecule has 2 rings (SSSR count). The molecule has 0 aliphatic rings. The van der Waals surface area contributed by atoms with E-state index in [0.717, 1.165) is 22.7 Å². The fourth-order valence-corrected chi connectivity index (χ4v) is 2.42. The van der Waals surface area contributed by atoms with Gasteiger partial charge in [0.1, 0.15) is 11.6 Å². The van der Waals surface area contributed by atoms with Gasteiger partial charge in [-0.05, 0) is 63.9 Å². The third-order valence-corrected chi connectivity index (χ3v) is 3.08. The molecule has 0 amide bonds. The van der Waals surface area contributed by atoms with Gasteiger partial charge in [0, 0.05) is 16.6 Å². The van der Waals surface area contributed by atoms with Crippen LogP contribution in [0, 0.1) is 13.8 Å². The van der Waals surface area contributed by atoms with Crippen molar-refractivity contribution >= 4 is 17.4 Å². The zero-order valence-corrected chi connectivity index (χ0v) is 13.9. The molecule has 4 heteroatoms. The number of aromatic nitrogens is 1. The monoisotopic (exact) mass is 304 g/mol. The first-order valence-electron chi connectivity index (χ1n) is 6.94. The Hall–Kier alpha value is -1.74. The number of anilines is 1. The fourth-order valence-electron chi connectivity index (χ4n) is 2.09. The molecule has 0 aliphatic heterocycles. The highest BCUT2D eigenvalue weighted by Gasteiger charge is 2.12. The summed E-state index contributed by atoms with van der Waals surface area (Å²) in [5, 5.41) is 4.05. The van der Waals surface area contributed by atoms with Crippen LogP contribution in [0.4, 0.5) is 5.82 Å². The Balaban J connectivity index is 2.27. The molecule has 0 radical (unpaired) electrons. The minimum absolute atomic E-state index is 0.0439. The molecule has 2 aromatic rings. The lowest BCUT2D eigenvalue weighted by molar-refractivity contribution is 0.456. The van der Waals surface area contributed by atoms with E-state index >= 15 is 0 Å². The standard InChI is InChI=1S/C17H21ClN2O/c1-11-9-13(18)10-12(2)16(11)21-15-8-6-7-14(19-15)20-17(3,4)5/h6-10H,1-5H3,(H,19,20). The predicted molar refractivity (Wildman–Crippen MR) is 88.6 cm³/mol. The summed E-state index contributed by atoms with van der Waals surface area (Å²) in [5.41, 5.74) is 1.95. The quantitative estimate of drug-likeness (QED) is 0.829. The number of halogens is 1. The Kier molecular flexibility index (Phi) is 4.43. The van der Waals surface area contributed by atoms with Crippen molar-refractivity contribution in [2.24, 2.45) is 0 Å². The van der Waals surface area contributed by atoms with Crippen molar-refractivity contribution in [3.63, 3.8) is 0 Å². The van der Waals surface area contributed by atoms with Crippen molar-refractivity contribution in [3.8, 4) is 11.6 Å². The summed E-state index contributed by atoms with van der Waals surface area (Å²) in [4.78, 5) is 4.49. The van der Waals surface area contributed by atoms with Crippen LogP contribution in [0.15, 0.2) is 30.3 Å². The maximum absolute atomic E-state index is 6.04. The second kappa shape index (κ2) is 5.94. The molecule has 1 aromatic heterocycles. The summed E-state index contributed by atoms with van der Waals surface area (Å²) in [7, 11) is 0. The maximum Gasteiger partial charge on any atom is 0.221 e. The van der Waals surface area contributed by atoms with Crippen LogP contribution in [0.5, 0.6) is 11.6 Å². The molecular formula is C17H21ClN2O. The van der Waals surface area contributed by atoms with Gasteiger partial charge >= 0.3 is 0 Å². The van der Waals surface area contributed by atoms with E-state index < -0.39 is 0 Å². The molecule has 1 aromatic carbocycles. The highest BCUT2D eigenvalue weighted by molar-refractivity contribution is 6.30. The first kappa shape index (κ1) is 15.6. The molecular weight excluding hydrogens is 284 g/mol. The first-order chi connectivity index (χ1) is 9.74. The number of hydrogen-bond acceptors (Lipinski definition) is 3. The third-order valence-electron chi connectivity index (χ3n) is 2.86. The van der Waals surface area contributed by atoms with Crippen molar-refractivity contribution in [2.45, 2.75) is 40.2 Å². The van der Waals surface area contributed by atoms with E-state index in [-0.39, 0.29) is 5.54 Å². The van der Waals surface area contributed by atoms with Gasteiger partial charge in [-0.2, -0.15) is 4.98 Å². The molecule has 112 valence electrons. The van der Waals surface area contributed by atoms with Crippen molar-refractivity contribution in [3.05, 3.63) is 46.5 Å². The molecule has 0 unspecified atom stereocenters. The zero-order valence-electron chi connectivity index (χ0n) is 13.1. The summed E-state index contributed by atoms with van der Waals surface area (Å²) >= 11 is 6.04. The van der Waals surface area contributed by atoms with Gasteiger partial charge in [0.05, 0.1) is 0 Å². The number of pyridine rings is 1. The van der Waals surface area contributed by atoms with Gasteiger partial charge in [-0.15, -0.1) is 0 Å². The Morgan fingerprint density at radius 3 is 2.29 bits per heavy atom. The minimum Gasteiger partial charge on any atom is -0.438 e. The second-order valence-corrected chi connectivity index (χ2v) is 6.64. The Morgan fingerprint density at radius 1 is 1.10 bits per heavy atom. The molecule has 1 N–H and O–H groups in total. The molecule has 0 atom stereocenters. The lowest BCUT2D eigenvalue weighted by atomic mass is 10.1. The van der Waals surface area contributed by atoms with Gasteiger partial charge < -0.3 is 10.1 Å². The molecule has 0 saturated carbocycles. The first-order valence-corrected chi connectivity index (χ1v) is 7.32. The van der Waals surface area contributed by atoms with Gasteiger partial charge in [-0.3, -0.25) is 0 Å². The Bertz CT molecular complexity index is 624. The number of nitrogens with one attached hydrogen (secondary N) is 1. The van der Waals surface area contributed by atoms with Gasteiger partial charge in [0.15, 0.2) is 0 Å². The smallest absolute Gasteiger partial charge is 0.221 e. The van der Waals surface area contributed by atoms with Crippen LogP contribution in [0.25, 0.3) is 0 Å².